The van der Waals surface area contributed by atoms with Gasteiger partial charge >= 0.3 is 0 Å². The fraction of sp³-hybridized carbons (Fsp3) is 0.320. The molecule has 6 nitrogen and oxygen atoms in total. The molecule has 0 saturated carbocycles. The second-order valence-electron chi connectivity index (χ2n) is 7.94. The topological polar surface area (TPSA) is 89.1 Å². The minimum atomic E-state index is -0.523. The van der Waals surface area contributed by atoms with Gasteiger partial charge in [-0.2, -0.15) is 0 Å². The summed E-state index contributed by atoms with van der Waals surface area (Å²) in [5, 5.41) is 21.5. The molecule has 3 aromatic rings. The normalized spacial score (nSPS) is 10.9. The summed E-state index contributed by atoms with van der Waals surface area (Å²) in [6, 6.07) is 2.90. The van der Waals surface area contributed by atoms with Gasteiger partial charge in [0.15, 0.2) is 11.3 Å². The van der Waals surface area contributed by atoms with Gasteiger partial charge in [0.05, 0.1) is 14.2 Å². The highest BCUT2D eigenvalue weighted by Gasteiger charge is 2.26. The Morgan fingerprint density at radius 3 is 2.06 bits per heavy atom. The van der Waals surface area contributed by atoms with Crippen molar-refractivity contribution in [2.24, 2.45) is 0 Å². The summed E-state index contributed by atoms with van der Waals surface area (Å²) in [4.78, 5) is 13.5. The molecule has 0 radical (unpaired) electrons. The van der Waals surface area contributed by atoms with Gasteiger partial charge in [-0.3, -0.25) is 4.79 Å². The number of aromatic hydroxyl groups is 2. The summed E-state index contributed by atoms with van der Waals surface area (Å²) >= 11 is 0. The number of rotatable bonds is 6. The van der Waals surface area contributed by atoms with Gasteiger partial charge < -0.3 is 24.1 Å². The molecule has 1 aromatic heterocycles. The van der Waals surface area contributed by atoms with Crippen molar-refractivity contribution in [1.29, 1.82) is 0 Å². The highest BCUT2D eigenvalue weighted by Crippen LogP contribution is 2.43. The summed E-state index contributed by atoms with van der Waals surface area (Å²) in [7, 11) is 2.99. The number of hydrogen-bond acceptors (Lipinski definition) is 6. The quantitative estimate of drug-likeness (QED) is 0.407. The van der Waals surface area contributed by atoms with E-state index in [0.29, 0.717) is 35.5 Å². The van der Waals surface area contributed by atoms with Gasteiger partial charge in [0.2, 0.25) is 5.43 Å². The molecule has 2 N–H and O–H groups in total. The molecule has 1 heterocycles. The molecule has 0 aliphatic rings. The largest absolute Gasteiger partial charge is 0.507 e. The predicted molar refractivity (Wildman–Crippen MR) is 123 cm³/mol. The average molecular weight is 424 g/mol. The van der Waals surface area contributed by atoms with Crippen molar-refractivity contribution in [2.45, 2.75) is 40.5 Å². The van der Waals surface area contributed by atoms with E-state index in [1.54, 1.807) is 0 Å². The maximum atomic E-state index is 13.5. The molecular formula is C25H28O6. The number of allylic oxidation sites excluding steroid dienone is 4. The molecule has 31 heavy (non-hydrogen) atoms. The molecule has 164 valence electrons. The molecule has 0 atom stereocenters. The van der Waals surface area contributed by atoms with Crippen LogP contribution in [0.25, 0.3) is 21.9 Å². The highest BCUT2D eigenvalue weighted by molar-refractivity contribution is 6.00. The third kappa shape index (κ3) is 3.98. The van der Waals surface area contributed by atoms with Gasteiger partial charge in [0.1, 0.15) is 33.6 Å². The molecule has 0 bridgehead atoms. The Kier molecular flexibility index (Phi) is 6.29. The number of hydrogen-bond donors (Lipinski definition) is 2. The Labute approximate surface area is 181 Å². The fourth-order valence-corrected chi connectivity index (χ4v) is 3.62. The highest BCUT2D eigenvalue weighted by atomic mass is 16.5. The molecule has 6 heteroatoms. The molecule has 0 aliphatic heterocycles. The average Bonchev–Trinajstić information content (AvgIpc) is 2.71. The number of phenolic OH excluding ortho intramolecular Hbond substituents is 2. The maximum absolute atomic E-state index is 13.5. The van der Waals surface area contributed by atoms with Gasteiger partial charge in [-0.05, 0) is 52.7 Å². The molecule has 0 spiro atoms. The zero-order valence-electron chi connectivity index (χ0n) is 18.8. The first-order chi connectivity index (χ1) is 14.7. The van der Waals surface area contributed by atoms with E-state index in [1.807, 2.05) is 39.8 Å². The molecule has 0 amide bonds. The molecule has 3 rings (SSSR count). The monoisotopic (exact) mass is 424 g/mol. The van der Waals surface area contributed by atoms with Crippen LogP contribution < -0.4 is 14.9 Å². The molecular weight excluding hydrogens is 396 g/mol. The van der Waals surface area contributed by atoms with Crippen LogP contribution in [0, 0.1) is 0 Å². The van der Waals surface area contributed by atoms with Crippen molar-refractivity contribution < 1.29 is 24.1 Å². The summed E-state index contributed by atoms with van der Waals surface area (Å²) < 4.78 is 17.2. The number of fused-ring (bicyclic) bond motifs is 2. The van der Waals surface area contributed by atoms with E-state index in [2.05, 4.69) is 0 Å². The van der Waals surface area contributed by atoms with Crippen molar-refractivity contribution in [3.8, 4) is 23.0 Å². The Hall–Kier alpha value is -3.41. The number of phenols is 2. The lowest BCUT2D eigenvalue weighted by Gasteiger charge is -2.18. The Morgan fingerprint density at radius 2 is 1.52 bits per heavy atom. The zero-order chi connectivity index (χ0) is 22.9. The minimum Gasteiger partial charge on any atom is -0.507 e. The van der Waals surface area contributed by atoms with Gasteiger partial charge in [-0.15, -0.1) is 0 Å². The SMILES string of the molecule is COc1c(CC=C(C)C)c(O)c2c(=O)c3c(O)ccc(OC)c3oc2c1CC=C(C)C. The van der Waals surface area contributed by atoms with Gasteiger partial charge in [-0.25, -0.2) is 0 Å². The number of benzene rings is 2. The second kappa shape index (κ2) is 8.76. The molecule has 0 saturated heterocycles. The second-order valence-corrected chi connectivity index (χ2v) is 7.94. The standard InChI is InChI=1S/C25H28O6/c1-13(2)7-9-15-21(27)20-22(28)19-17(26)11-12-18(29-5)25(19)31-24(20)16(23(15)30-6)10-8-14(3)4/h7-8,11-12,26-27H,9-10H2,1-6H3. The van der Waals surface area contributed by atoms with Crippen LogP contribution >= 0.6 is 0 Å². The lowest BCUT2D eigenvalue weighted by Crippen LogP contribution is -2.08. The number of methoxy groups -OCH3 is 2. The van der Waals surface area contributed by atoms with Crippen molar-refractivity contribution in [3.05, 3.63) is 56.8 Å². The van der Waals surface area contributed by atoms with Crippen LogP contribution in [0.5, 0.6) is 23.0 Å². The lowest BCUT2D eigenvalue weighted by atomic mass is 9.96. The third-order valence-electron chi connectivity index (χ3n) is 5.18. The van der Waals surface area contributed by atoms with E-state index in [-0.39, 0.29) is 33.4 Å². The first kappa shape index (κ1) is 22.3. The zero-order valence-corrected chi connectivity index (χ0v) is 18.8. The third-order valence-corrected chi connectivity index (χ3v) is 5.18. The van der Waals surface area contributed by atoms with E-state index in [4.69, 9.17) is 13.9 Å². The smallest absolute Gasteiger partial charge is 0.208 e. The van der Waals surface area contributed by atoms with Crippen LogP contribution in [-0.2, 0) is 12.8 Å². The maximum Gasteiger partial charge on any atom is 0.208 e. The van der Waals surface area contributed by atoms with Gasteiger partial charge in [0, 0.05) is 11.1 Å². The van der Waals surface area contributed by atoms with Crippen LogP contribution in [0.3, 0.4) is 0 Å². The Morgan fingerprint density at radius 1 is 0.903 bits per heavy atom. The van der Waals surface area contributed by atoms with Crippen LogP contribution in [0.15, 0.2) is 44.6 Å². The van der Waals surface area contributed by atoms with E-state index in [9.17, 15) is 15.0 Å². The van der Waals surface area contributed by atoms with Crippen LogP contribution in [0.4, 0.5) is 0 Å². The van der Waals surface area contributed by atoms with Crippen molar-refractivity contribution in [3.63, 3.8) is 0 Å². The Balaban J connectivity index is 2.58. The molecule has 0 aliphatic carbocycles. The molecule has 0 unspecified atom stereocenters. The van der Waals surface area contributed by atoms with Crippen LogP contribution in [0.2, 0.25) is 0 Å². The first-order valence-corrected chi connectivity index (χ1v) is 10.0. The summed E-state index contributed by atoms with van der Waals surface area (Å²) in [6.07, 6.45) is 4.79. The fourth-order valence-electron chi connectivity index (χ4n) is 3.62. The predicted octanol–water partition coefficient (Wildman–Crippen LogP) is 5.39. The van der Waals surface area contributed by atoms with Crippen molar-refractivity contribution in [1.82, 2.24) is 0 Å². The Bertz CT molecular complexity index is 1270. The summed E-state index contributed by atoms with van der Waals surface area (Å²) in [6.45, 7) is 7.87. The van der Waals surface area contributed by atoms with E-state index in [1.165, 1.54) is 26.4 Å². The van der Waals surface area contributed by atoms with Crippen LogP contribution in [-0.4, -0.2) is 24.4 Å². The summed E-state index contributed by atoms with van der Waals surface area (Å²) in [5.74, 6) is 0.343. The van der Waals surface area contributed by atoms with Gasteiger partial charge in [0.25, 0.3) is 0 Å². The van der Waals surface area contributed by atoms with E-state index >= 15 is 0 Å². The lowest BCUT2D eigenvalue weighted by molar-refractivity contribution is 0.396. The summed E-state index contributed by atoms with van der Waals surface area (Å²) in [5.41, 5.74) is 3.13. The molecule has 0 fully saturated rings. The molecule has 2 aromatic carbocycles. The van der Waals surface area contributed by atoms with Crippen molar-refractivity contribution >= 4 is 21.9 Å². The van der Waals surface area contributed by atoms with Gasteiger partial charge in [-0.1, -0.05) is 23.3 Å². The van der Waals surface area contributed by atoms with E-state index < -0.39 is 5.43 Å². The van der Waals surface area contributed by atoms with Crippen LogP contribution in [0.1, 0.15) is 38.8 Å². The number of ether oxygens (including phenoxy) is 2. The van der Waals surface area contributed by atoms with E-state index in [0.717, 1.165) is 11.1 Å². The first-order valence-electron chi connectivity index (χ1n) is 10.0. The minimum absolute atomic E-state index is 0.0196. The van der Waals surface area contributed by atoms with Crippen molar-refractivity contribution in [2.75, 3.05) is 14.2 Å².